The van der Waals surface area contributed by atoms with Gasteiger partial charge in [0.05, 0.1) is 13.2 Å². The molecule has 2 rings (SSSR count). The van der Waals surface area contributed by atoms with Gasteiger partial charge in [0, 0.05) is 15.5 Å². The molecule has 1 heterocycles. The molecule has 0 fully saturated rings. The fourth-order valence-corrected chi connectivity index (χ4v) is 3.08. The minimum Gasteiger partial charge on any atom is -0.497 e. The highest BCUT2D eigenvalue weighted by atomic mass is 79.9. The van der Waals surface area contributed by atoms with Crippen LogP contribution in [0.4, 0.5) is 13.2 Å². The van der Waals surface area contributed by atoms with Crippen LogP contribution in [0.2, 0.25) is 0 Å². The molecule has 0 aliphatic rings. The van der Waals surface area contributed by atoms with Crippen molar-refractivity contribution in [3.63, 3.8) is 0 Å². The summed E-state index contributed by atoms with van der Waals surface area (Å²) >= 11 is 3.90. The maximum absolute atomic E-state index is 12.6. The molecule has 0 bridgehead atoms. The summed E-state index contributed by atoms with van der Waals surface area (Å²) in [6, 6.07) is 4.55. The molecule has 0 aliphatic carbocycles. The number of nitrogens with two attached hydrogens (primary N) is 1. The van der Waals surface area contributed by atoms with Crippen LogP contribution >= 0.6 is 27.3 Å². The number of ether oxygens (including phenoxy) is 1. The maximum Gasteiger partial charge on any atom is 0.443 e. The number of halogens is 4. The Labute approximate surface area is 131 Å². The van der Waals surface area contributed by atoms with Gasteiger partial charge < -0.3 is 4.74 Å². The second kappa shape index (κ2) is 6.30. The zero-order valence-electron chi connectivity index (χ0n) is 10.7. The summed E-state index contributed by atoms with van der Waals surface area (Å²) in [4.78, 5) is 3.77. The Morgan fingerprint density at radius 1 is 1.43 bits per heavy atom. The minimum absolute atomic E-state index is 0.360. The third kappa shape index (κ3) is 3.54. The minimum atomic E-state index is -4.46. The van der Waals surface area contributed by atoms with Crippen molar-refractivity contribution in [2.75, 3.05) is 7.11 Å². The van der Waals surface area contributed by atoms with Crippen LogP contribution in [-0.2, 0) is 6.18 Å². The van der Waals surface area contributed by atoms with E-state index < -0.39 is 17.2 Å². The van der Waals surface area contributed by atoms with Crippen LogP contribution < -0.4 is 16.0 Å². The average Bonchev–Trinajstić information content (AvgIpc) is 2.91. The van der Waals surface area contributed by atoms with Gasteiger partial charge in [-0.3, -0.25) is 5.84 Å². The topological polar surface area (TPSA) is 60.2 Å². The fourth-order valence-electron chi connectivity index (χ4n) is 1.75. The molecule has 9 heteroatoms. The Balaban J connectivity index is 2.42. The van der Waals surface area contributed by atoms with Crippen molar-refractivity contribution in [2.24, 2.45) is 5.84 Å². The van der Waals surface area contributed by atoms with Gasteiger partial charge in [0.15, 0.2) is 5.01 Å². The molecule has 0 radical (unpaired) electrons. The molecule has 114 valence electrons. The van der Waals surface area contributed by atoms with Gasteiger partial charge in [-0.1, -0.05) is 15.9 Å². The zero-order valence-corrected chi connectivity index (χ0v) is 13.1. The first-order chi connectivity index (χ1) is 9.86. The second-order valence-electron chi connectivity index (χ2n) is 4.05. The lowest BCUT2D eigenvalue weighted by Gasteiger charge is -2.17. The number of benzene rings is 1. The summed E-state index contributed by atoms with van der Waals surface area (Å²) in [6.45, 7) is 0. The van der Waals surface area contributed by atoms with Crippen molar-refractivity contribution in [2.45, 2.75) is 12.2 Å². The largest absolute Gasteiger partial charge is 0.497 e. The Kier molecular flexibility index (Phi) is 4.87. The number of methoxy groups -OCH3 is 1. The quantitative estimate of drug-likeness (QED) is 0.628. The highest BCUT2D eigenvalue weighted by molar-refractivity contribution is 9.10. The van der Waals surface area contributed by atoms with Gasteiger partial charge in [0.1, 0.15) is 5.75 Å². The van der Waals surface area contributed by atoms with E-state index >= 15 is 0 Å². The first-order valence-electron chi connectivity index (χ1n) is 5.69. The van der Waals surface area contributed by atoms with Crippen molar-refractivity contribution >= 4 is 27.3 Å². The average molecular weight is 382 g/mol. The molecule has 1 unspecified atom stereocenters. The number of hydrazine groups is 1. The predicted molar refractivity (Wildman–Crippen MR) is 77.0 cm³/mol. The van der Waals surface area contributed by atoms with Gasteiger partial charge in [-0.25, -0.2) is 10.4 Å². The molecule has 0 spiro atoms. The highest BCUT2D eigenvalue weighted by Gasteiger charge is 2.35. The summed E-state index contributed by atoms with van der Waals surface area (Å²) in [5.41, 5.74) is 3.17. The van der Waals surface area contributed by atoms with E-state index in [1.807, 2.05) is 0 Å². The van der Waals surface area contributed by atoms with Gasteiger partial charge in [0.2, 0.25) is 0 Å². The standard InChI is InChI=1S/C12H11BrF3N3OS/c1-20-6-2-3-8(13)7(4-6)10(19-17)9-5-18-11(21-9)12(14,15)16/h2-5,10,19H,17H2,1H3. The molecule has 1 aromatic heterocycles. The molecule has 0 saturated carbocycles. The van der Waals surface area contributed by atoms with Crippen LogP contribution in [-0.4, -0.2) is 12.1 Å². The molecule has 0 saturated heterocycles. The van der Waals surface area contributed by atoms with Crippen LogP contribution in [0.3, 0.4) is 0 Å². The second-order valence-corrected chi connectivity index (χ2v) is 5.97. The lowest BCUT2D eigenvalue weighted by Crippen LogP contribution is -2.28. The van der Waals surface area contributed by atoms with Crippen molar-refractivity contribution in [1.82, 2.24) is 10.4 Å². The van der Waals surface area contributed by atoms with Gasteiger partial charge in [-0.05, 0) is 23.8 Å². The van der Waals surface area contributed by atoms with Crippen molar-refractivity contribution in [3.8, 4) is 5.75 Å². The number of nitrogens with one attached hydrogen (secondary N) is 1. The third-order valence-electron chi connectivity index (χ3n) is 2.73. The van der Waals surface area contributed by atoms with Crippen LogP contribution in [0.15, 0.2) is 28.9 Å². The van der Waals surface area contributed by atoms with Gasteiger partial charge in [-0.2, -0.15) is 13.2 Å². The zero-order chi connectivity index (χ0) is 15.6. The van der Waals surface area contributed by atoms with Crippen molar-refractivity contribution < 1.29 is 17.9 Å². The Morgan fingerprint density at radius 3 is 2.67 bits per heavy atom. The summed E-state index contributed by atoms with van der Waals surface area (Å²) in [5.74, 6) is 6.08. The highest BCUT2D eigenvalue weighted by Crippen LogP contribution is 2.38. The maximum atomic E-state index is 12.6. The summed E-state index contributed by atoms with van der Waals surface area (Å²) in [5, 5.41) is -0.906. The molecule has 1 aromatic carbocycles. The summed E-state index contributed by atoms with van der Waals surface area (Å²) in [6.07, 6.45) is -3.29. The van der Waals surface area contributed by atoms with Crippen LogP contribution in [0.5, 0.6) is 5.75 Å². The van der Waals surface area contributed by atoms with E-state index in [1.165, 1.54) is 13.3 Å². The van der Waals surface area contributed by atoms with E-state index in [-0.39, 0.29) is 0 Å². The van der Waals surface area contributed by atoms with E-state index in [0.717, 1.165) is 0 Å². The van der Waals surface area contributed by atoms with Gasteiger partial charge in [0.25, 0.3) is 0 Å². The third-order valence-corrected chi connectivity index (χ3v) is 4.56. The monoisotopic (exact) mass is 381 g/mol. The molecule has 2 aromatic rings. The van der Waals surface area contributed by atoms with Crippen molar-refractivity contribution in [1.29, 1.82) is 0 Å². The Bertz CT molecular complexity index is 632. The Hall–Kier alpha value is -1.16. The molecule has 21 heavy (non-hydrogen) atoms. The van der Waals surface area contributed by atoms with Crippen molar-refractivity contribution in [3.05, 3.63) is 44.3 Å². The van der Waals surface area contributed by atoms with E-state index in [4.69, 9.17) is 10.6 Å². The van der Waals surface area contributed by atoms with Gasteiger partial charge >= 0.3 is 6.18 Å². The lowest BCUT2D eigenvalue weighted by atomic mass is 10.1. The molecule has 0 aliphatic heterocycles. The molecular weight excluding hydrogens is 371 g/mol. The lowest BCUT2D eigenvalue weighted by molar-refractivity contribution is -0.137. The number of aromatic nitrogens is 1. The number of rotatable bonds is 4. The normalized spacial score (nSPS) is 13.2. The van der Waals surface area contributed by atoms with Crippen LogP contribution in [0.25, 0.3) is 0 Å². The van der Waals surface area contributed by atoms with E-state index in [1.54, 1.807) is 18.2 Å². The molecule has 1 atom stereocenters. The first kappa shape index (κ1) is 16.2. The predicted octanol–water partition coefficient (Wildman–Crippen LogP) is 3.49. The van der Waals surface area contributed by atoms with Crippen LogP contribution in [0, 0.1) is 0 Å². The molecular formula is C12H11BrF3N3OS. The SMILES string of the molecule is COc1ccc(Br)c(C(NN)c2cnc(C(F)(F)F)s2)c1. The smallest absolute Gasteiger partial charge is 0.443 e. The fraction of sp³-hybridized carbons (Fsp3) is 0.250. The van der Waals surface area contributed by atoms with E-state index in [9.17, 15) is 13.2 Å². The number of nitrogens with zero attached hydrogens (tertiary/aromatic N) is 1. The first-order valence-corrected chi connectivity index (χ1v) is 7.30. The summed E-state index contributed by atoms with van der Waals surface area (Å²) in [7, 11) is 1.51. The number of alkyl halides is 3. The van der Waals surface area contributed by atoms with Crippen LogP contribution in [0.1, 0.15) is 21.5 Å². The Morgan fingerprint density at radius 2 is 2.14 bits per heavy atom. The van der Waals surface area contributed by atoms with E-state index in [0.29, 0.717) is 32.0 Å². The number of hydrogen-bond donors (Lipinski definition) is 2. The molecule has 0 amide bonds. The number of hydrogen-bond acceptors (Lipinski definition) is 5. The number of thiazole rings is 1. The molecule has 4 nitrogen and oxygen atoms in total. The van der Waals surface area contributed by atoms with Gasteiger partial charge in [-0.15, -0.1) is 11.3 Å². The summed E-state index contributed by atoms with van der Waals surface area (Å²) < 4.78 is 43.7. The molecule has 3 N–H and O–H groups in total. The van der Waals surface area contributed by atoms with E-state index in [2.05, 4.69) is 26.3 Å².